The molecule has 0 aliphatic carbocycles. The van der Waals surface area contributed by atoms with Gasteiger partial charge in [0.1, 0.15) is 6.54 Å². The third kappa shape index (κ3) is 3.74. The summed E-state index contributed by atoms with van der Waals surface area (Å²) in [5.41, 5.74) is 4.62. The SMILES string of the molecule is COC(=O)c1c(C)[nH]c(C(=O)[C@@H](C)[NH+]2CCc3cc(OC)c(OC)cc3C2)c1C. The van der Waals surface area contributed by atoms with Crippen molar-refractivity contribution in [1.82, 2.24) is 4.98 Å². The molecule has 2 N–H and O–H groups in total. The van der Waals surface area contributed by atoms with Crippen molar-refractivity contribution < 1.29 is 28.7 Å². The molecule has 2 heterocycles. The van der Waals surface area contributed by atoms with Gasteiger partial charge in [0.2, 0.25) is 5.78 Å². The van der Waals surface area contributed by atoms with Crippen molar-refractivity contribution in [2.24, 2.45) is 0 Å². The molecule has 0 fully saturated rings. The number of ether oxygens (including phenoxy) is 3. The Morgan fingerprint density at radius 1 is 1.07 bits per heavy atom. The van der Waals surface area contributed by atoms with E-state index in [0.717, 1.165) is 30.8 Å². The molecule has 2 aromatic rings. The third-order valence-electron chi connectivity index (χ3n) is 5.92. The predicted octanol–water partition coefficient (Wildman–Crippen LogP) is 1.65. The maximum absolute atomic E-state index is 13.2. The van der Waals surface area contributed by atoms with Gasteiger partial charge >= 0.3 is 5.97 Å². The molecule has 3 rings (SSSR count). The third-order valence-corrected chi connectivity index (χ3v) is 5.92. The lowest BCUT2D eigenvalue weighted by Gasteiger charge is -2.30. The van der Waals surface area contributed by atoms with Gasteiger partial charge in [0.05, 0.1) is 39.1 Å². The van der Waals surface area contributed by atoms with Crippen molar-refractivity contribution in [3.63, 3.8) is 0 Å². The first-order valence-corrected chi connectivity index (χ1v) is 9.72. The van der Waals surface area contributed by atoms with Crippen LogP contribution < -0.4 is 14.4 Å². The van der Waals surface area contributed by atoms with E-state index in [9.17, 15) is 9.59 Å². The summed E-state index contributed by atoms with van der Waals surface area (Å²) in [5, 5.41) is 0. The minimum atomic E-state index is -0.428. The topological polar surface area (TPSA) is 82.1 Å². The molecule has 1 aliphatic heterocycles. The summed E-state index contributed by atoms with van der Waals surface area (Å²) in [6.07, 6.45) is 0.860. The van der Waals surface area contributed by atoms with Gasteiger partial charge in [-0.2, -0.15) is 0 Å². The van der Waals surface area contributed by atoms with Crippen LogP contribution in [-0.2, 0) is 17.7 Å². The number of fused-ring (bicyclic) bond motifs is 1. The molecular formula is C22H29N2O5+. The predicted molar refractivity (Wildman–Crippen MR) is 108 cm³/mol. The van der Waals surface area contributed by atoms with Gasteiger partial charge in [0, 0.05) is 17.7 Å². The van der Waals surface area contributed by atoms with Crippen LogP contribution in [0.1, 0.15) is 50.2 Å². The van der Waals surface area contributed by atoms with E-state index in [0.29, 0.717) is 28.3 Å². The number of ketones is 1. The number of aromatic amines is 1. The van der Waals surface area contributed by atoms with Crippen molar-refractivity contribution in [1.29, 1.82) is 0 Å². The van der Waals surface area contributed by atoms with Crippen LogP contribution in [0.5, 0.6) is 11.5 Å². The van der Waals surface area contributed by atoms with E-state index in [4.69, 9.17) is 14.2 Å². The van der Waals surface area contributed by atoms with Crippen LogP contribution in [0.2, 0.25) is 0 Å². The van der Waals surface area contributed by atoms with E-state index in [2.05, 4.69) is 4.98 Å². The van der Waals surface area contributed by atoms with Crippen LogP contribution in [0.4, 0.5) is 0 Å². The number of carbonyl (C=O) groups is 2. The fraction of sp³-hybridized carbons (Fsp3) is 0.455. The zero-order valence-corrected chi connectivity index (χ0v) is 17.9. The second-order valence-electron chi connectivity index (χ2n) is 7.51. The van der Waals surface area contributed by atoms with E-state index in [1.807, 2.05) is 19.1 Å². The first-order valence-electron chi connectivity index (χ1n) is 9.72. The smallest absolute Gasteiger partial charge is 0.339 e. The van der Waals surface area contributed by atoms with Gasteiger partial charge < -0.3 is 24.1 Å². The molecule has 29 heavy (non-hydrogen) atoms. The second-order valence-corrected chi connectivity index (χ2v) is 7.51. The molecule has 7 nitrogen and oxygen atoms in total. The van der Waals surface area contributed by atoms with E-state index >= 15 is 0 Å². The maximum atomic E-state index is 13.2. The molecule has 0 radical (unpaired) electrons. The Balaban J connectivity index is 1.84. The lowest BCUT2D eigenvalue weighted by molar-refractivity contribution is -0.929. The van der Waals surface area contributed by atoms with Crippen LogP contribution >= 0.6 is 0 Å². The molecule has 1 unspecified atom stereocenters. The summed E-state index contributed by atoms with van der Waals surface area (Å²) in [6.45, 7) is 7.08. The van der Waals surface area contributed by atoms with Gasteiger partial charge in [0.15, 0.2) is 17.5 Å². The molecular weight excluding hydrogens is 372 g/mol. The van der Waals surface area contributed by atoms with Gasteiger partial charge in [0.25, 0.3) is 0 Å². The molecule has 0 saturated heterocycles. The zero-order chi connectivity index (χ0) is 21.3. The van der Waals surface area contributed by atoms with Crippen molar-refractivity contribution in [3.8, 4) is 11.5 Å². The van der Waals surface area contributed by atoms with Gasteiger partial charge in [-0.05, 0) is 44.0 Å². The Morgan fingerprint density at radius 2 is 1.69 bits per heavy atom. The zero-order valence-electron chi connectivity index (χ0n) is 17.9. The first-order chi connectivity index (χ1) is 13.8. The molecule has 0 saturated carbocycles. The number of benzene rings is 1. The number of rotatable bonds is 6. The number of aryl methyl sites for hydroxylation is 1. The largest absolute Gasteiger partial charge is 0.493 e. The highest BCUT2D eigenvalue weighted by Gasteiger charge is 2.33. The molecule has 0 spiro atoms. The molecule has 1 aromatic heterocycles. The Bertz CT molecular complexity index is 947. The molecule has 156 valence electrons. The van der Waals surface area contributed by atoms with Crippen LogP contribution in [0.15, 0.2) is 12.1 Å². The lowest BCUT2D eigenvalue weighted by Crippen LogP contribution is -3.16. The number of nitrogens with one attached hydrogen (secondary N) is 2. The van der Waals surface area contributed by atoms with Crippen LogP contribution in [0.3, 0.4) is 0 Å². The van der Waals surface area contributed by atoms with E-state index in [1.165, 1.54) is 17.6 Å². The number of Topliss-reactive ketones (excluding diaryl/α,β-unsaturated/α-hetero) is 1. The monoisotopic (exact) mass is 401 g/mol. The van der Waals surface area contributed by atoms with E-state index in [1.54, 1.807) is 28.1 Å². The number of methoxy groups -OCH3 is 3. The number of carbonyl (C=O) groups excluding carboxylic acids is 2. The number of esters is 1. The van der Waals surface area contributed by atoms with Gasteiger partial charge in [-0.25, -0.2) is 4.79 Å². The molecule has 0 amide bonds. The standard InChI is InChI=1S/C22H28N2O5/c1-12-19(22(26)29-6)13(2)23-20(12)21(25)14(3)24-8-7-15-9-17(27-4)18(28-5)10-16(15)11-24/h9-10,14,23H,7-8,11H2,1-6H3/p+1/t14-/m1/s1. The number of H-pyrrole nitrogens is 1. The van der Waals surface area contributed by atoms with Gasteiger partial charge in [-0.3, -0.25) is 4.79 Å². The van der Waals surface area contributed by atoms with Crippen molar-refractivity contribution in [2.45, 2.75) is 39.8 Å². The number of hydrogen-bond donors (Lipinski definition) is 2. The minimum absolute atomic E-state index is 0.000297. The molecule has 2 atom stereocenters. The fourth-order valence-electron chi connectivity index (χ4n) is 4.16. The maximum Gasteiger partial charge on any atom is 0.339 e. The highest BCUT2D eigenvalue weighted by atomic mass is 16.5. The highest BCUT2D eigenvalue weighted by Crippen LogP contribution is 2.31. The van der Waals surface area contributed by atoms with Crippen LogP contribution in [-0.4, -0.2) is 50.7 Å². The summed E-state index contributed by atoms with van der Waals surface area (Å²) in [4.78, 5) is 29.5. The average molecular weight is 401 g/mol. The summed E-state index contributed by atoms with van der Waals surface area (Å²) in [7, 11) is 4.60. The fourth-order valence-corrected chi connectivity index (χ4v) is 4.16. The Hall–Kier alpha value is -2.80. The average Bonchev–Trinajstić information content (AvgIpc) is 3.04. The van der Waals surface area contributed by atoms with Gasteiger partial charge in [-0.15, -0.1) is 0 Å². The minimum Gasteiger partial charge on any atom is -0.493 e. The molecule has 0 bridgehead atoms. The summed E-state index contributed by atoms with van der Waals surface area (Å²) >= 11 is 0. The normalized spacial score (nSPS) is 16.7. The van der Waals surface area contributed by atoms with Gasteiger partial charge in [-0.1, -0.05) is 0 Å². The summed E-state index contributed by atoms with van der Waals surface area (Å²) in [6, 6.07) is 3.78. The number of aromatic nitrogens is 1. The summed E-state index contributed by atoms with van der Waals surface area (Å²) in [5.74, 6) is 1.000. The van der Waals surface area contributed by atoms with E-state index in [-0.39, 0.29) is 11.8 Å². The highest BCUT2D eigenvalue weighted by molar-refractivity contribution is 6.03. The molecule has 7 heteroatoms. The van der Waals surface area contributed by atoms with Crippen molar-refractivity contribution >= 4 is 11.8 Å². The molecule has 1 aromatic carbocycles. The van der Waals surface area contributed by atoms with Crippen LogP contribution in [0, 0.1) is 13.8 Å². The van der Waals surface area contributed by atoms with E-state index < -0.39 is 5.97 Å². The first kappa shape index (κ1) is 20.9. The molecule has 1 aliphatic rings. The quantitative estimate of drug-likeness (QED) is 0.568. The van der Waals surface area contributed by atoms with Crippen molar-refractivity contribution in [3.05, 3.63) is 45.8 Å². The Morgan fingerprint density at radius 3 is 2.28 bits per heavy atom. The van der Waals surface area contributed by atoms with Crippen molar-refractivity contribution in [2.75, 3.05) is 27.9 Å². The Kier molecular flexibility index (Phi) is 5.98. The summed E-state index contributed by atoms with van der Waals surface area (Å²) < 4.78 is 15.7. The Labute approximate surface area is 170 Å². The number of quaternary nitrogens is 1. The second kappa shape index (κ2) is 8.29. The lowest BCUT2D eigenvalue weighted by atomic mass is 9.96. The van der Waals surface area contributed by atoms with Crippen LogP contribution in [0.25, 0.3) is 0 Å². The number of hydrogen-bond acceptors (Lipinski definition) is 5.